The highest BCUT2D eigenvalue weighted by molar-refractivity contribution is 9.10. The number of rotatable bonds is 6. The zero-order valence-electron chi connectivity index (χ0n) is 12.5. The molecule has 0 radical (unpaired) electrons. The fraction of sp³-hybridized carbons (Fsp3) is 0.333. The largest absolute Gasteiger partial charge is 0.309 e. The fourth-order valence-corrected chi connectivity index (χ4v) is 3.00. The lowest BCUT2D eigenvalue weighted by molar-refractivity contribution is 0.608. The van der Waals surface area contributed by atoms with Crippen LogP contribution < -0.4 is 5.32 Å². The van der Waals surface area contributed by atoms with E-state index in [1.807, 2.05) is 13.1 Å². The molecule has 2 rings (SSSR count). The van der Waals surface area contributed by atoms with Crippen LogP contribution in [0.5, 0.6) is 0 Å². The third-order valence-electron chi connectivity index (χ3n) is 3.71. The zero-order valence-corrected chi connectivity index (χ0v) is 14.1. The van der Waals surface area contributed by atoms with Gasteiger partial charge in [0.25, 0.3) is 0 Å². The van der Waals surface area contributed by atoms with Crippen LogP contribution in [-0.2, 0) is 6.42 Å². The summed E-state index contributed by atoms with van der Waals surface area (Å²) in [7, 11) is 1.90. The molecule has 0 aromatic heterocycles. The Morgan fingerprint density at radius 1 is 1.14 bits per heavy atom. The maximum absolute atomic E-state index is 13.7. The monoisotopic (exact) mass is 349 g/mol. The van der Waals surface area contributed by atoms with Gasteiger partial charge in [0, 0.05) is 0 Å². The van der Waals surface area contributed by atoms with Crippen LogP contribution in [0.15, 0.2) is 46.9 Å². The molecule has 0 aliphatic heterocycles. The predicted molar refractivity (Wildman–Crippen MR) is 90.1 cm³/mol. The van der Waals surface area contributed by atoms with Gasteiger partial charge in [-0.1, -0.05) is 49.7 Å². The third-order valence-corrected chi connectivity index (χ3v) is 4.55. The van der Waals surface area contributed by atoms with Crippen molar-refractivity contribution in [2.24, 2.45) is 0 Å². The van der Waals surface area contributed by atoms with E-state index >= 15 is 0 Å². The van der Waals surface area contributed by atoms with Gasteiger partial charge in [0.1, 0.15) is 5.82 Å². The molecular formula is C18H21BrFN. The summed E-state index contributed by atoms with van der Waals surface area (Å²) in [6.07, 6.45) is 3.53. The van der Waals surface area contributed by atoms with Crippen LogP contribution in [-0.4, -0.2) is 7.05 Å². The van der Waals surface area contributed by atoms with E-state index in [1.165, 1.54) is 24.5 Å². The van der Waals surface area contributed by atoms with Crippen molar-refractivity contribution in [1.82, 2.24) is 5.32 Å². The first-order chi connectivity index (χ1) is 10.2. The van der Waals surface area contributed by atoms with Gasteiger partial charge in [-0.05, 0) is 58.6 Å². The standard InChI is InChI=1S/C18H21BrFN/c1-3-4-6-13-9-11-14(12-10-13)18(21-2)15-7-5-8-16(20)17(15)19/h5,7-12,18,21H,3-4,6H2,1-2H3. The van der Waals surface area contributed by atoms with Crippen molar-refractivity contribution in [3.05, 3.63) is 69.4 Å². The molecule has 112 valence electrons. The van der Waals surface area contributed by atoms with Gasteiger partial charge in [-0.25, -0.2) is 4.39 Å². The molecule has 0 saturated carbocycles. The molecule has 2 aromatic rings. The maximum Gasteiger partial charge on any atom is 0.137 e. The first-order valence-corrected chi connectivity index (χ1v) is 8.16. The van der Waals surface area contributed by atoms with Gasteiger partial charge >= 0.3 is 0 Å². The molecule has 2 aromatic carbocycles. The normalized spacial score (nSPS) is 12.4. The van der Waals surface area contributed by atoms with Crippen LogP contribution in [0.4, 0.5) is 4.39 Å². The Morgan fingerprint density at radius 2 is 1.86 bits per heavy atom. The Bertz CT molecular complexity index is 580. The minimum Gasteiger partial charge on any atom is -0.309 e. The summed E-state index contributed by atoms with van der Waals surface area (Å²) in [6.45, 7) is 2.20. The van der Waals surface area contributed by atoms with Crippen molar-refractivity contribution in [1.29, 1.82) is 0 Å². The molecule has 0 fully saturated rings. The van der Waals surface area contributed by atoms with Crippen molar-refractivity contribution in [3.8, 4) is 0 Å². The minimum atomic E-state index is -0.229. The first-order valence-electron chi connectivity index (χ1n) is 7.37. The van der Waals surface area contributed by atoms with Crippen LogP contribution in [0.1, 0.15) is 42.5 Å². The highest BCUT2D eigenvalue weighted by Crippen LogP contribution is 2.30. The van der Waals surface area contributed by atoms with Gasteiger partial charge in [-0.15, -0.1) is 0 Å². The third kappa shape index (κ3) is 3.92. The van der Waals surface area contributed by atoms with Crippen molar-refractivity contribution in [3.63, 3.8) is 0 Å². The van der Waals surface area contributed by atoms with E-state index in [0.717, 1.165) is 17.5 Å². The summed E-state index contributed by atoms with van der Waals surface area (Å²) < 4.78 is 14.2. The molecule has 0 aliphatic rings. The summed E-state index contributed by atoms with van der Waals surface area (Å²) in [4.78, 5) is 0. The molecule has 1 unspecified atom stereocenters. The highest BCUT2D eigenvalue weighted by atomic mass is 79.9. The number of hydrogen-bond acceptors (Lipinski definition) is 1. The van der Waals surface area contributed by atoms with Crippen molar-refractivity contribution < 1.29 is 4.39 Å². The Morgan fingerprint density at radius 3 is 2.48 bits per heavy atom. The number of aryl methyl sites for hydroxylation is 1. The molecule has 0 bridgehead atoms. The summed E-state index contributed by atoms with van der Waals surface area (Å²) in [5.74, 6) is -0.229. The smallest absolute Gasteiger partial charge is 0.137 e. The fourth-order valence-electron chi connectivity index (χ4n) is 2.50. The zero-order chi connectivity index (χ0) is 15.2. The van der Waals surface area contributed by atoms with E-state index in [-0.39, 0.29) is 11.9 Å². The second-order valence-corrected chi connectivity index (χ2v) is 6.00. The van der Waals surface area contributed by atoms with E-state index in [2.05, 4.69) is 52.4 Å². The quantitative estimate of drug-likeness (QED) is 0.751. The molecule has 0 spiro atoms. The van der Waals surface area contributed by atoms with E-state index < -0.39 is 0 Å². The number of nitrogens with one attached hydrogen (secondary N) is 1. The van der Waals surface area contributed by atoms with Gasteiger partial charge in [0.2, 0.25) is 0 Å². The Kier molecular flexibility index (Phi) is 5.95. The lowest BCUT2D eigenvalue weighted by atomic mass is 9.97. The van der Waals surface area contributed by atoms with Crippen LogP contribution in [0.2, 0.25) is 0 Å². The second-order valence-electron chi connectivity index (χ2n) is 5.21. The lowest BCUT2D eigenvalue weighted by Gasteiger charge is -2.19. The molecule has 1 atom stereocenters. The number of halogens is 2. The van der Waals surface area contributed by atoms with Gasteiger partial charge in [-0.2, -0.15) is 0 Å². The van der Waals surface area contributed by atoms with Crippen LogP contribution >= 0.6 is 15.9 Å². The molecule has 0 amide bonds. The summed E-state index contributed by atoms with van der Waals surface area (Å²) in [5, 5.41) is 3.27. The second kappa shape index (κ2) is 7.71. The topological polar surface area (TPSA) is 12.0 Å². The van der Waals surface area contributed by atoms with E-state index in [9.17, 15) is 4.39 Å². The molecule has 0 saturated heterocycles. The van der Waals surface area contributed by atoms with Crippen molar-refractivity contribution >= 4 is 15.9 Å². The predicted octanol–water partition coefficient (Wildman–Crippen LogP) is 5.24. The Hall–Kier alpha value is -1.19. The van der Waals surface area contributed by atoms with Crippen LogP contribution in [0, 0.1) is 5.82 Å². The Balaban J connectivity index is 2.27. The molecule has 0 heterocycles. The summed E-state index contributed by atoms with van der Waals surface area (Å²) in [5.41, 5.74) is 3.41. The Labute approximate surface area is 134 Å². The summed E-state index contributed by atoms with van der Waals surface area (Å²) in [6, 6.07) is 13.7. The summed E-state index contributed by atoms with van der Waals surface area (Å²) >= 11 is 3.35. The SMILES string of the molecule is CCCCc1ccc(C(NC)c2cccc(F)c2Br)cc1. The molecular weight excluding hydrogens is 329 g/mol. The number of unbranched alkanes of at least 4 members (excludes halogenated alkanes) is 1. The average Bonchev–Trinajstić information content (AvgIpc) is 2.51. The molecule has 3 heteroatoms. The maximum atomic E-state index is 13.7. The van der Waals surface area contributed by atoms with Crippen molar-refractivity contribution in [2.45, 2.75) is 32.2 Å². The van der Waals surface area contributed by atoms with Crippen molar-refractivity contribution in [2.75, 3.05) is 7.05 Å². The lowest BCUT2D eigenvalue weighted by Crippen LogP contribution is -2.18. The van der Waals surface area contributed by atoms with Gasteiger partial charge < -0.3 is 5.32 Å². The van der Waals surface area contributed by atoms with Gasteiger partial charge in [-0.3, -0.25) is 0 Å². The van der Waals surface area contributed by atoms with Crippen LogP contribution in [0.3, 0.4) is 0 Å². The highest BCUT2D eigenvalue weighted by Gasteiger charge is 2.16. The van der Waals surface area contributed by atoms with E-state index in [1.54, 1.807) is 6.07 Å². The molecule has 0 aliphatic carbocycles. The van der Waals surface area contributed by atoms with Gasteiger partial charge in [0.05, 0.1) is 10.5 Å². The van der Waals surface area contributed by atoms with E-state index in [4.69, 9.17) is 0 Å². The first kappa shape index (κ1) is 16.2. The molecule has 1 N–H and O–H groups in total. The minimum absolute atomic E-state index is 0.0182. The molecule has 21 heavy (non-hydrogen) atoms. The van der Waals surface area contributed by atoms with E-state index in [0.29, 0.717) is 4.47 Å². The average molecular weight is 350 g/mol. The van der Waals surface area contributed by atoms with Crippen LogP contribution in [0.25, 0.3) is 0 Å². The number of benzene rings is 2. The van der Waals surface area contributed by atoms with Gasteiger partial charge in [0.15, 0.2) is 0 Å². The number of hydrogen-bond donors (Lipinski definition) is 1. The molecule has 1 nitrogen and oxygen atoms in total.